The number of morpholine rings is 1. The van der Waals surface area contributed by atoms with Crippen molar-refractivity contribution in [3.63, 3.8) is 0 Å². The van der Waals surface area contributed by atoms with Gasteiger partial charge in [0.25, 0.3) is 0 Å². The zero-order valence-electron chi connectivity index (χ0n) is 16.0. The molecular formula is C19H22ClIN4O4. The Morgan fingerprint density at radius 1 is 1.38 bits per heavy atom. The Labute approximate surface area is 188 Å². The highest BCUT2D eigenvalue weighted by Gasteiger charge is 2.14. The normalized spacial score (nSPS) is 14.4. The van der Waals surface area contributed by atoms with Gasteiger partial charge in [0.1, 0.15) is 11.6 Å². The van der Waals surface area contributed by atoms with Crippen LogP contribution in [-0.2, 0) is 9.47 Å². The van der Waals surface area contributed by atoms with Crippen molar-refractivity contribution in [2.45, 2.75) is 6.42 Å². The van der Waals surface area contributed by atoms with E-state index in [4.69, 9.17) is 25.8 Å². The maximum atomic E-state index is 11.9. The summed E-state index contributed by atoms with van der Waals surface area (Å²) in [5.41, 5.74) is 1.09. The van der Waals surface area contributed by atoms with E-state index in [1.807, 2.05) is 0 Å². The van der Waals surface area contributed by atoms with Crippen molar-refractivity contribution < 1.29 is 19.0 Å². The first kappa shape index (κ1) is 22.0. The molecule has 0 radical (unpaired) electrons. The number of anilines is 2. The fourth-order valence-corrected chi connectivity index (χ4v) is 3.37. The van der Waals surface area contributed by atoms with Crippen LogP contribution in [-0.4, -0.2) is 67.4 Å². The lowest BCUT2D eigenvalue weighted by Crippen LogP contribution is -2.37. The van der Waals surface area contributed by atoms with Crippen LogP contribution < -0.4 is 10.1 Å². The molecular weight excluding hydrogens is 511 g/mol. The molecule has 156 valence electrons. The van der Waals surface area contributed by atoms with Crippen LogP contribution in [0.2, 0.25) is 5.28 Å². The van der Waals surface area contributed by atoms with Crippen LogP contribution in [0.3, 0.4) is 0 Å². The third kappa shape index (κ3) is 6.39. The average Bonchev–Trinajstić information content (AvgIpc) is 2.75. The zero-order chi connectivity index (χ0) is 20.6. The van der Waals surface area contributed by atoms with E-state index in [1.165, 1.54) is 7.11 Å². The summed E-state index contributed by atoms with van der Waals surface area (Å²) in [4.78, 5) is 22.4. The van der Waals surface area contributed by atoms with Gasteiger partial charge >= 0.3 is 5.97 Å². The van der Waals surface area contributed by atoms with E-state index in [2.05, 4.69) is 42.8 Å². The van der Waals surface area contributed by atoms with E-state index in [-0.39, 0.29) is 5.28 Å². The highest BCUT2D eigenvalue weighted by molar-refractivity contribution is 14.1. The number of nitrogens with one attached hydrogen (secondary N) is 1. The Balaban J connectivity index is 1.71. The van der Waals surface area contributed by atoms with Gasteiger partial charge in [0.2, 0.25) is 5.28 Å². The van der Waals surface area contributed by atoms with Crippen LogP contribution in [0.1, 0.15) is 16.8 Å². The smallest absolute Gasteiger partial charge is 0.337 e. The number of aromatic nitrogens is 2. The van der Waals surface area contributed by atoms with E-state index < -0.39 is 5.97 Å². The fourth-order valence-electron chi connectivity index (χ4n) is 2.85. The van der Waals surface area contributed by atoms with E-state index in [1.54, 1.807) is 24.4 Å². The van der Waals surface area contributed by atoms with Gasteiger partial charge in [0.15, 0.2) is 0 Å². The van der Waals surface area contributed by atoms with Crippen LogP contribution >= 0.6 is 34.2 Å². The standard InChI is InChI=1S/C19H22ClIN4O4/c1-27-18(26)13-3-4-15(23-17-14(21)12-22-19(20)24-17)16(11-13)29-8-2-5-25-6-9-28-10-7-25/h3-4,11-12H,2,5-10H2,1H3,(H,22,23,24). The minimum absolute atomic E-state index is 0.145. The van der Waals surface area contributed by atoms with Crippen molar-refractivity contribution in [3.05, 3.63) is 38.8 Å². The summed E-state index contributed by atoms with van der Waals surface area (Å²) in [6.07, 6.45) is 2.49. The molecule has 8 nitrogen and oxygen atoms in total. The van der Waals surface area contributed by atoms with Gasteiger partial charge in [-0.2, -0.15) is 4.98 Å². The number of hydrogen-bond donors (Lipinski definition) is 1. The molecule has 0 bridgehead atoms. The van der Waals surface area contributed by atoms with Gasteiger partial charge in [0, 0.05) is 25.8 Å². The van der Waals surface area contributed by atoms with Gasteiger partial charge < -0.3 is 19.5 Å². The third-order valence-electron chi connectivity index (χ3n) is 4.35. The first-order valence-corrected chi connectivity index (χ1v) is 10.6. The first-order chi connectivity index (χ1) is 14.1. The van der Waals surface area contributed by atoms with E-state index in [0.717, 1.165) is 42.8 Å². The van der Waals surface area contributed by atoms with E-state index >= 15 is 0 Å². The van der Waals surface area contributed by atoms with Crippen LogP contribution in [0.4, 0.5) is 11.5 Å². The van der Waals surface area contributed by atoms with Crippen molar-refractivity contribution in [1.29, 1.82) is 0 Å². The molecule has 1 N–H and O–H groups in total. The molecule has 1 fully saturated rings. The van der Waals surface area contributed by atoms with Crippen LogP contribution in [0.25, 0.3) is 0 Å². The lowest BCUT2D eigenvalue weighted by Gasteiger charge is -2.26. The number of hydrogen-bond acceptors (Lipinski definition) is 8. The second-order valence-corrected chi connectivity index (χ2v) is 7.82. The molecule has 0 unspecified atom stereocenters. The van der Waals surface area contributed by atoms with Crippen molar-refractivity contribution >= 4 is 51.7 Å². The highest BCUT2D eigenvalue weighted by atomic mass is 127. The largest absolute Gasteiger partial charge is 0.491 e. The molecule has 1 saturated heterocycles. The summed E-state index contributed by atoms with van der Waals surface area (Å²) >= 11 is 8.03. The monoisotopic (exact) mass is 532 g/mol. The van der Waals surface area contributed by atoms with E-state index in [0.29, 0.717) is 29.4 Å². The summed E-state index contributed by atoms with van der Waals surface area (Å²) in [5.74, 6) is 0.685. The molecule has 0 spiro atoms. The summed E-state index contributed by atoms with van der Waals surface area (Å²) < 4.78 is 17.0. The number of methoxy groups -OCH3 is 1. The Morgan fingerprint density at radius 2 is 2.17 bits per heavy atom. The Hall–Kier alpha value is -1.69. The molecule has 2 aromatic rings. The van der Waals surface area contributed by atoms with Gasteiger partial charge in [-0.05, 0) is 58.8 Å². The van der Waals surface area contributed by atoms with Crippen molar-refractivity contribution in [2.24, 2.45) is 0 Å². The number of nitrogens with zero attached hydrogens (tertiary/aromatic N) is 3. The molecule has 10 heteroatoms. The second kappa shape index (κ2) is 10.9. The number of halogens is 2. The zero-order valence-corrected chi connectivity index (χ0v) is 18.9. The van der Waals surface area contributed by atoms with Gasteiger partial charge in [-0.3, -0.25) is 4.90 Å². The molecule has 3 rings (SSSR count). The molecule has 29 heavy (non-hydrogen) atoms. The summed E-state index contributed by atoms with van der Waals surface area (Å²) in [5, 5.41) is 3.35. The SMILES string of the molecule is COC(=O)c1ccc(Nc2nc(Cl)ncc2I)c(OCCCN2CCOCC2)c1. The van der Waals surface area contributed by atoms with E-state index in [9.17, 15) is 4.79 Å². The number of carbonyl (C=O) groups excluding carboxylic acids is 1. The molecule has 0 saturated carbocycles. The number of rotatable bonds is 8. The van der Waals surface area contributed by atoms with Gasteiger partial charge in [-0.15, -0.1) is 0 Å². The third-order valence-corrected chi connectivity index (χ3v) is 5.32. The molecule has 1 aliphatic rings. The summed E-state index contributed by atoms with van der Waals surface area (Å²) in [7, 11) is 1.35. The quantitative estimate of drug-likeness (QED) is 0.240. The number of benzene rings is 1. The highest BCUT2D eigenvalue weighted by Crippen LogP contribution is 2.30. The molecule has 1 aromatic carbocycles. The van der Waals surface area contributed by atoms with Crippen molar-refractivity contribution in [1.82, 2.24) is 14.9 Å². The predicted molar refractivity (Wildman–Crippen MR) is 118 cm³/mol. The Kier molecular flexibility index (Phi) is 8.28. The summed E-state index contributed by atoms with van der Waals surface area (Å²) in [6, 6.07) is 5.10. The van der Waals surface area contributed by atoms with Crippen LogP contribution in [0.15, 0.2) is 24.4 Å². The van der Waals surface area contributed by atoms with Gasteiger partial charge in [-0.1, -0.05) is 0 Å². The number of esters is 1. The number of carbonyl (C=O) groups is 1. The van der Waals surface area contributed by atoms with Gasteiger partial charge in [0.05, 0.1) is 41.8 Å². The van der Waals surface area contributed by atoms with Crippen LogP contribution in [0.5, 0.6) is 5.75 Å². The first-order valence-electron chi connectivity index (χ1n) is 9.17. The molecule has 1 aliphatic heterocycles. The Morgan fingerprint density at radius 3 is 2.93 bits per heavy atom. The number of ether oxygens (including phenoxy) is 3. The fraction of sp³-hybridized carbons (Fsp3) is 0.421. The topological polar surface area (TPSA) is 85.8 Å². The van der Waals surface area contributed by atoms with Crippen molar-refractivity contribution in [2.75, 3.05) is 51.9 Å². The summed E-state index contributed by atoms with van der Waals surface area (Å²) in [6.45, 7) is 4.88. The lowest BCUT2D eigenvalue weighted by atomic mass is 10.2. The molecule has 0 aliphatic carbocycles. The van der Waals surface area contributed by atoms with Crippen LogP contribution in [0, 0.1) is 3.57 Å². The average molecular weight is 533 g/mol. The predicted octanol–water partition coefficient (Wildman–Crippen LogP) is 3.37. The molecule has 0 atom stereocenters. The minimum Gasteiger partial charge on any atom is -0.491 e. The Bertz CT molecular complexity index is 849. The minimum atomic E-state index is -0.422. The molecule has 1 aromatic heterocycles. The molecule has 0 amide bonds. The maximum absolute atomic E-state index is 11.9. The molecule has 2 heterocycles. The van der Waals surface area contributed by atoms with Gasteiger partial charge in [-0.25, -0.2) is 9.78 Å². The second-order valence-electron chi connectivity index (χ2n) is 6.32. The lowest BCUT2D eigenvalue weighted by molar-refractivity contribution is 0.0358. The van der Waals surface area contributed by atoms with Crippen molar-refractivity contribution in [3.8, 4) is 5.75 Å². The maximum Gasteiger partial charge on any atom is 0.337 e.